The van der Waals surface area contributed by atoms with Gasteiger partial charge in [0, 0.05) is 23.8 Å². The van der Waals surface area contributed by atoms with Gasteiger partial charge in [0.15, 0.2) is 0 Å². The van der Waals surface area contributed by atoms with Crippen molar-refractivity contribution in [3.63, 3.8) is 0 Å². The van der Waals surface area contributed by atoms with E-state index in [1.807, 2.05) is 18.2 Å². The highest BCUT2D eigenvalue weighted by Crippen LogP contribution is 2.14. The minimum absolute atomic E-state index is 0.688. The minimum Gasteiger partial charge on any atom is -0.308 e. The van der Waals surface area contributed by atoms with Crippen molar-refractivity contribution in [2.24, 2.45) is 5.84 Å². The predicted molar refractivity (Wildman–Crippen MR) is 81.4 cm³/mol. The van der Waals surface area contributed by atoms with Gasteiger partial charge in [-0.25, -0.2) is 10.8 Å². The first-order chi connectivity index (χ1) is 9.17. The number of hydrogen-bond acceptors (Lipinski definition) is 4. The second-order valence-corrected chi connectivity index (χ2v) is 5.41. The van der Waals surface area contributed by atoms with Crippen LogP contribution >= 0.6 is 15.9 Å². The van der Waals surface area contributed by atoms with E-state index >= 15 is 0 Å². The maximum atomic E-state index is 5.36. The number of hydrazine groups is 1. The largest absolute Gasteiger partial charge is 0.308 e. The standard InChI is InChI=1S/C14H17BrN4/c1-19(9-11-3-2-4-13(15)7-11)10-12-5-6-17-14(8-12)18-16/h2-8H,9-10,16H2,1H3,(H,17,18). The van der Waals surface area contributed by atoms with Gasteiger partial charge >= 0.3 is 0 Å². The lowest BCUT2D eigenvalue weighted by atomic mass is 10.2. The van der Waals surface area contributed by atoms with Crippen molar-refractivity contribution in [3.8, 4) is 0 Å². The first kappa shape index (κ1) is 14.0. The molecule has 0 spiro atoms. The highest BCUT2D eigenvalue weighted by molar-refractivity contribution is 9.10. The fourth-order valence-electron chi connectivity index (χ4n) is 1.97. The Balaban J connectivity index is 1.98. The second kappa shape index (κ2) is 6.65. The zero-order valence-corrected chi connectivity index (χ0v) is 12.4. The van der Waals surface area contributed by atoms with Crippen molar-refractivity contribution in [1.82, 2.24) is 9.88 Å². The van der Waals surface area contributed by atoms with Gasteiger partial charge in [-0.15, -0.1) is 0 Å². The number of halogens is 1. The van der Waals surface area contributed by atoms with Crippen LogP contribution in [0, 0.1) is 0 Å². The van der Waals surface area contributed by atoms with Crippen molar-refractivity contribution in [1.29, 1.82) is 0 Å². The molecule has 2 rings (SSSR count). The molecule has 0 saturated heterocycles. The Bertz CT molecular complexity index is 544. The van der Waals surface area contributed by atoms with E-state index in [0.29, 0.717) is 5.82 Å². The maximum Gasteiger partial charge on any atom is 0.140 e. The molecule has 0 fully saturated rings. The van der Waals surface area contributed by atoms with Gasteiger partial charge in [-0.05, 0) is 42.4 Å². The molecule has 1 aromatic heterocycles. The van der Waals surface area contributed by atoms with Crippen LogP contribution in [-0.2, 0) is 13.1 Å². The summed E-state index contributed by atoms with van der Waals surface area (Å²) in [5.74, 6) is 6.05. The van der Waals surface area contributed by atoms with E-state index in [1.165, 1.54) is 11.1 Å². The molecular weight excluding hydrogens is 304 g/mol. The molecule has 0 saturated carbocycles. The zero-order chi connectivity index (χ0) is 13.7. The van der Waals surface area contributed by atoms with E-state index in [-0.39, 0.29) is 0 Å². The van der Waals surface area contributed by atoms with Gasteiger partial charge in [-0.2, -0.15) is 0 Å². The summed E-state index contributed by atoms with van der Waals surface area (Å²) in [6.07, 6.45) is 1.76. The summed E-state index contributed by atoms with van der Waals surface area (Å²) in [7, 11) is 2.09. The summed E-state index contributed by atoms with van der Waals surface area (Å²) in [4.78, 5) is 6.35. The molecule has 4 nitrogen and oxygen atoms in total. The molecule has 0 aliphatic rings. The number of nitrogen functional groups attached to an aromatic ring is 1. The predicted octanol–water partition coefficient (Wildman–Crippen LogP) is 2.76. The molecule has 3 N–H and O–H groups in total. The Morgan fingerprint density at radius 2 is 1.95 bits per heavy atom. The number of rotatable bonds is 5. The topological polar surface area (TPSA) is 54.2 Å². The first-order valence-corrected chi connectivity index (χ1v) is 6.81. The van der Waals surface area contributed by atoms with Gasteiger partial charge in [0.2, 0.25) is 0 Å². The third-order valence-electron chi connectivity index (χ3n) is 2.77. The number of nitrogens with one attached hydrogen (secondary N) is 1. The van der Waals surface area contributed by atoms with Crippen LogP contribution in [0.4, 0.5) is 5.82 Å². The molecule has 0 unspecified atom stereocenters. The van der Waals surface area contributed by atoms with Gasteiger partial charge in [0.05, 0.1) is 0 Å². The molecule has 1 aromatic carbocycles. The Kier molecular flexibility index (Phi) is 4.90. The molecule has 0 atom stereocenters. The van der Waals surface area contributed by atoms with Crippen LogP contribution in [0.25, 0.3) is 0 Å². The van der Waals surface area contributed by atoms with Gasteiger partial charge in [-0.3, -0.25) is 4.90 Å². The van der Waals surface area contributed by atoms with Crippen LogP contribution in [0.5, 0.6) is 0 Å². The smallest absolute Gasteiger partial charge is 0.140 e. The Hall–Kier alpha value is -1.43. The van der Waals surface area contributed by atoms with Crippen LogP contribution in [0.15, 0.2) is 47.1 Å². The second-order valence-electron chi connectivity index (χ2n) is 4.50. The summed E-state index contributed by atoms with van der Waals surface area (Å²) in [6, 6.07) is 12.3. The Morgan fingerprint density at radius 1 is 1.21 bits per heavy atom. The Labute approximate surface area is 121 Å². The van der Waals surface area contributed by atoms with Crippen molar-refractivity contribution >= 4 is 21.7 Å². The highest BCUT2D eigenvalue weighted by atomic mass is 79.9. The van der Waals surface area contributed by atoms with Gasteiger partial charge in [0.25, 0.3) is 0 Å². The fraction of sp³-hybridized carbons (Fsp3) is 0.214. The quantitative estimate of drug-likeness (QED) is 0.657. The summed E-state index contributed by atoms with van der Waals surface area (Å²) < 4.78 is 1.11. The molecule has 0 radical (unpaired) electrons. The lowest BCUT2D eigenvalue weighted by Crippen LogP contribution is -2.17. The zero-order valence-electron chi connectivity index (χ0n) is 10.8. The van der Waals surface area contributed by atoms with Crippen LogP contribution in [0.1, 0.15) is 11.1 Å². The molecule has 0 bridgehead atoms. The molecule has 2 aromatic rings. The van der Waals surface area contributed by atoms with Crippen LogP contribution in [0.2, 0.25) is 0 Å². The summed E-state index contributed by atoms with van der Waals surface area (Å²) >= 11 is 3.49. The van der Waals surface area contributed by atoms with Crippen molar-refractivity contribution in [2.45, 2.75) is 13.1 Å². The molecule has 19 heavy (non-hydrogen) atoms. The van der Waals surface area contributed by atoms with E-state index in [4.69, 9.17) is 5.84 Å². The molecule has 0 aliphatic carbocycles. The number of nitrogens with zero attached hydrogens (tertiary/aromatic N) is 2. The van der Waals surface area contributed by atoms with Crippen molar-refractivity contribution < 1.29 is 0 Å². The van der Waals surface area contributed by atoms with Crippen LogP contribution in [-0.4, -0.2) is 16.9 Å². The summed E-state index contributed by atoms with van der Waals surface area (Å²) in [5.41, 5.74) is 5.02. The summed E-state index contributed by atoms with van der Waals surface area (Å²) in [6.45, 7) is 1.75. The van der Waals surface area contributed by atoms with Gasteiger partial charge in [0.1, 0.15) is 5.82 Å². The monoisotopic (exact) mass is 320 g/mol. The van der Waals surface area contributed by atoms with Crippen molar-refractivity contribution in [2.75, 3.05) is 12.5 Å². The van der Waals surface area contributed by atoms with Crippen LogP contribution in [0.3, 0.4) is 0 Å². The van der Waals surface area contributed by atoms with Crippen LogP contribution < -0.4 is 11.3 Å². The minimum atomic E-state index is 0.688. The molecular formula is C14H17BrN4. The first-order valence-electron chi connectivity index (χ1n) is 6.02. The number of pyridine rings is 1. The van der Waals surface area contributed by atoms with Crippen molar-refractivity contribution in [3.05, 3.63) is 58.2 Å². The molecule has 1 heterocycles. The van der Waals surface area contributed by atoms with E-state index in [1.54, 1.807) is 6.20 Å². The number of nitrogens with two attached hydrogens (primary N) is 1. The maximum absolute atomic E-state index is 5.36. The average molecular weight is 321 g/mol. The van der Waals surface area contributed by atoms with E-state index < -0.39 is 0 Å². The fourth-order valence-corrected chi connectivity index (χ4v) is 2.41. The van der Waals surface area contributed by atoms with E-state index in [9.17, 15) is 0 Å². The SMILES string of the molecule is CN(Cc1cccc(Br)c1)Cc1ccnc(NN)c1. The normalized spacial score (nSPS) is 10.7. The number of hydrogen-bond donors (Lipinski definition) is 2. The third kappa shape index (κ3) is 4.31. The van der Waals surface area contributed by atoms with E-state index in [2.05, 4.69) is 56.5 Å². The lowest BCUT2D eigenvalue weighted by molar-refractivity contribution is 0.319. The third-order valence-corrected chi connectivity index (χ3v) is 3.26. The highest BCUT2D eigenvalue weighted by Gasteiger charge is 2.03. The summed E-state index contributed by atoms with van der Waals surface area (Å²) in [5, 5.41) is 0. The lowest BCUT2D eigenvalue weighted by Gasteiger charge is -2.17. The average Bonchev–Trinajstić information content (AvgIpc) is 2.38. The molecule has 0 amide bonds. The molecule has 5 heteroatoms. The number of anilines is 1. The number of benzene rings is 1. The van der Waals surface area contributed by atoms with Gasteiger partial charge < -0.3 is 5.43 Å². The molecule has 100 valence electrons. The van der Waals surface area contributed by atoms with E-state index in [0.717, 1.165) is 17.6 Å². The number of aromatic nitrogens is 1. The van der Waals surface area contributed by atoms with Gasteiger partial charge in [-0.1, -0.05) is 28.1 Å². The Morgan fingerprint density at radius 3 is 2.63 bits per heavy atom. The molecule has 0 aliphatic heterocycles.